The van der Waals surface area contributed by atoms with E-state index in [1.165, 1.54) is 19.1 Å². The summed E-state index contributed by atoms with van der Waals surface area (Å²) in [5, 5.41) is 0. The topological polar surface area (TPSA) is 54.5 Å². The quantitative estimate of drug-likeness (QED) is 0.857. The summed E-state index contributed by atoms with van der Waals surface area (Å²) in [4.78, 5) is 13.9. The molecule has 6 heteroatoms. The van der Waals surface area contributed by atoms with Gasteiger partial charge in [-0.1, -0.05) is 19.1 Å². The Morgan fingerprint density at radius 2 is 1.95 bits per heavy atom. The highest BCUT2D eigenvalue weighted by Crippen LogP contribution is 2.31. The second-order valence-electron chi connectivity index (χ2n) is 5.33. The summed E-state index contributed by atoms with van der Waals surface area (Å²) < 4.78 is 36.3. The van der Waals surface area contributed by atoms with Gasteiger partial charge in [-0.25, -0.2) is 12.8 Å². The first-order valence-corrected chi connectivity index (χ1v) is 9.00. The molecule has 116 valence electrons. The molecule has 1 amide bonds. The molecule has 1 aliphatic heterocycles. The van der Waals surface area contributed by atoms with E-state index in [0.29, 0.717) is 6.54 Å². The second kappa shape index (κ2) is 6.56. The van der Waals surface area contributed by atoms with E-state index in [1.54, 1.807) is 17.0 Å². The van der Waals surface area contributed by atoms with Gasteiger partial charge in [-0.2, -0.15) is 0 Å². The van der Waals surface area contributed by atoms with Crippen LogP contribution in [-0.2, 0) is 14.6 Å². The van der Waals surface area contributed by atoms with Gasteiger partial charge in [-0.05, 0) is 37.0 Å². The molecule has 1 aliphatic rings. The van der Waals surface area contributed by atoms with E-state index in [1.807, 2.05) is 0 Å². The zero-order valence-electron chi connectivity index (χ0n) is 12.1. The highest BCUT2D eigenvalue weighted by atomic mass is 32.2. The molecule has 1 fully saturated rings. The fourth-order valence-corrected chi connectivity index (χ4v) is 3.38. The van der Waals surface area contributed by atoms with Gasteiger partial charge in [0, 0.05) is 12.3 Å². The Bertz CT molecular complexity index is 598. The van der Waals surface area contributed by atoms with Gasteiger partial charge in [0.25, 0.3) is 0 Å². The molecular weight excluding hydrogens is 293 g/mol. The summed E-state index contributed by atoms with van der Waals surface area (Å²) in [6.45, 7) is 2.09. The Morgan fingerprint density at radius 1 is 1.29 bits per heavy atom. The summed E-state index contributed by atoms with van der Waals surface area (Å²) in [6, 6.07) is 5.92. The molecule has 1 heterocycles. The van der Waals surface area contributed by atoms with E-state index in [2.05, 4.69) is 0 Å². The molecule has 0 aromatic heterocycles. The van der Waals surface area contributed by atoms with Crippen LogP contribution < -0.4 is 0 Å². The largest absolute Gasteiger partial charge is 0.335 e. The van der Waals surface area contributed by atoms with Crippen LogP contribution in [0.25, 0.3) is 0 Å². The SMILES string of the molecule is CCS(=O)(=O)CC(=O)N1CCCCC1c1ccc(F)cc1. The number of rotatable bonds is 4. The van der Waals surface area contributed by atoms with Gasteiger partial charge in [0.1, 0.15) is 11.6 Å². The molecule has 0 radical (unpaired) electrons. The number of carbonyl (C=O) groups excluding carboxylic acids is 1. The predicted octanol–water partition coefficient (Wildman–Crippen LogP) is 2.31. The van der Waals surface area contributed by atoms with Gasteiger partial charge < -0.3 is 4.90 Å². The van der Waals surface area contributed by atoms with Crippen molar-refractivity contribution >= 4 is 15.7 Å². The van der Waals surface area contributed by atoms with Crippen molar-refractivity contribution in [3.63, 3.8) is 0 Å². The molecule has 1 unspecified atom stereocenters. The maximum Gasteiger partial charge on any atom is 0.238 e. The van der Waals surface area contributed by atoms with Crippen LogP contribution in [0.15, 0.2) is 24.3 Å². The third kappa shape index (κ3) is 4.03. The van der Waals surface area contributed by atoms with Gasteiger partial charge in [-0.3, -0.25) is 4.79 Å². The predicted molar refractivity (Wildman–Crippen MR) is 79.0 cm³/mol. The zero-order valence-corrected chi connectivity index (χ0v) is 12.9. The lowest BCUT2D eigenvalue weighted by molar-refractivity contribution is -0.132. The molecular formula is C15H20FNO3S. The van der Waals surface area contributed by atoms with Crippen LogP contribution in [0, 0.1) is 5.82 Å². The zero-order chi connectivity index (χ0) is 15.5. The standard InChI is InChI=1S/C15H20FNO3S/c1-2-21(19,20)11-15(18)17-10-4-3-5-14(17)12-6-8-13(16)9-7-12/h6-9,14H,2-5,10-11H2,1H3. The molecule has 1 aromatic rings. The van der Waals surface area contributed by atoms with Crippen LogP contribution in [0.1, 0.15) is 37.8 Å². The number of halogens is 1. The monoisotopic (exact) mass is 313 g/mol. The minimum absolute atomic E-state index is 0.0339. The molecule has 0 spiro atoms. The highest BCUT2D eigenvalue weighted by Gasteiger charge is 2.30. The second-order valence-corrected chi connectivity index (χ2v) is 7.68. The number of carbonyl (C=O) groups is 1. The van der Waals surface area contributed by atoms with Crippen LogP contribution >= 0.6 is 0 Å². The van der Waals surface area contributed by atoms with Crippen molar-refractivity contribution in [1.29, 1.82) is 0 Å². The van der Waals surface area contributed by atoms with Gasteiger partial charge in [0.05, 0.1) is 6.04 Å². The minimum atomic E-state index is -3.33. The third-order valence-corrected chi connectivity index (χ3v) is 5.43. The highest BCUT2D eigenvalue weighted by molar-refractivity contribution is 7.92. The number of amides is 1. The van der Waals surface area contributed by atoms with Crippen molar-refractivity contribution in [3.05, 3.63) is 35.6 Å². The molecule has 0 N–H and O–H groups in total. The molecule has 2 rings (SSSR count). The molecule has 0 saturated carbocycles. The van der Waals surface area contributed by atoms with Gasteiger partial charge in [0.15, 0.2) is 9.84 Å². The van der Waals surface area contributed by atoms with Crippen molar-refractivity contribution < 1.29 is 17.6 Å². The van der Waals surface area contributed by atoms with Crippen molar-refractivity contribution in [2.75, 3.05) is 18.1 Å². The summed E-state index contributed by atoms with van der Waals surface area (Å²) in [5.41, 5.74) is 0.860. The third-order valence-electron chi connectivity index (χ3n) is 3.86. The number of likely N-dealkylation sites (tertiary alicyclic amines) is 1. The average Bonchev–Trinajstić information content (AvgIpc) is 2.47. The lowest BCUT2D eigenvalue weighted by Crippen LogP contribution is -2.41. The van der Waals surface area contributed by atoms with Crippen LogP contribution in [0.4, 0.5) is 4.39 Å². The molecule has 1 atom stereocenters. The Morgan fingerprint density at radius 3 is 2.57 bits per heavy atom. The first-order chi connectivity index (χ1) is 9.93. The Labute approximate surface area is 124 Å². The van der Waals surface area contributed by atoms with E-state index >= 15 is 0 Å². The van der Waals surface area contributed by atoms with E-state index in [4.69, 9.17) is 0 Å². The van der Waals surface area contributed by atoms with Crippen molar-refractivity contribution in [2.45, 2.75) is 32.2 Å². The van der Waals surface area contributed by atoms with E-state index in [-0.39, 0.29) is 23.5 Å². The number of sulfone groups is 1. The smallest absolute Gasteiger partial charge is 0.238 e. The van der Waals surface area contributed by atoms with Gasteiger partial charge in [0.2, 0.25) is 5.91 Å². The molecule has 4 nitrogen and oxygen atoms in total. The van der Waals surface area contributed by atoms with Crippen molar-refractivity contribution in [2.24, 2.45) is 0 Å². The molecule has 0 aliphatic carbocycles. The summed E-state index contributed by atoms with van der Waals surface area (Å²) >= 11 is 0. The molecule has 1 aromatic carbocycles. The maximum atomic E-state index is 13.0. The van der Waals surface area contributed by atoms with Crippen LogP contribution in [0.5, 0.6) is 0 Å². The minimum Gasteiger partial charge on any atom is -0.335 e. The first kappa shape index (κ1) is 15.9. The summed E-state index contributed by atoms with van der Waals surface area (Å²) in [7, 11) is -3.33. The number of hydrogen-bond acceptors (Lipinski definition) is 3. The maximum absolute atomic E-state index is 13.0. The number of benzene rings is 1. The number of hydrogen-bond donors (Lipinski definition) is 0. The van der Waals surface area contributed by atoms with Crippen LogP contribution in [-0.4, -0.2) is 37.3 Å². The summed E-state index contributed by atoms with van der Waals surface area (Å²) in [5.74, 6) is -1.15. The van der Waals surface area contributed by atoms with Gasteiger partial charge >= 0.3 is 0 Å². The average molecular weight is 313 g/mol. The number of piperidine rings is 1. The van der Waals surface area contributed by atoms with Gasteiger partial charge in [-0.15, -0.1) is 0 Å². The van der Waals surface area contributed by atoms with Crippen LogP contribution in [0.3, 0.4) is 0 Å². The fourth-order valence-electron chi connectivity index (χ4n) is 2.63. The van der Waals surface area contributed by atoms with Crippen molar-refractivity contribution in [3.8, 4) is 0 Å². The molecule has 0 bridgehead atoms. The Hall–Kier alpha value is -1.43. The molecule has 21 heavy (non-hydrogen) atoms. The fraction of sp³-hybridized carbons (Fsp3) is 0.533. The van der Waals surface area contributed by atoms with Crippen molar-refractivity contribution in [1.82, 2.24) is 4.90 Å². The van der Waals surface area contributed by atoms with Crippen LogP contribution in [0.2, 0.25) is 0 Å². The first-order valence-electron chi connectivity index (χ1n) is 7.18. The summed E-state index contributed by atoms with van der Waals surface area (Å²) in [6.07, 6.45) is 2.63. The van der Waals surface area contributed by atoms with E-state index in [0.717, 1.165) is 24.8 Å². The van der Waals surface area contributed by atoms with E-state index < -0.39 is 15.6 Å². The lowest BCUT2D eigenvalue weighted by Gasteiger charge is -2.36. The lowest BCUT2D eigenvalue weighted by atomic mass is 9.95. The normalized spacial score (nSPS) is 19.5. The van der Waals surface area contributed by atoms with E-state index in [9.17, 15) is 17.6 Å². The molecule has 1 saturated heterocycles. The Kier molecular flexibility index (Phi) is 4.98. The Balaban J connectivity index is 2.19. The number of nitrogens with zero attached hydrogens (tertiary/aromatic N) is 1.